The van der Waals surface area contributed by atoms with Gasteiger partial charge < -0.3 is 9.64 Å². The standard InChI is InChI=1S/C17H25NO2/c1-13(2)17(19)18-10-8-15(12-18)9-11-20-16-6-4-14(3)5-7-16/h4-7,13,15H,8-12H2,1-3H3. The van der Waals surface area contributed by atoms with E-state index in [1.54, 1.807) is 0 Å². The second-order valence-corrected chi connectivity index (χ2v) is 6.04. The van der Waals surface area contributed by atoms with Crippen molar-refractivity contribution in [3.05, 3.63) is 29.8 Å². The van der Waals surface area contributed by atoms with Gasteiger partial charge >= 0.3 is 0 Å². The molecule has 0 radical (unpaired) electrons. The normalized spacial score (nSPS) is 18.6. The maximum Gasteiger partial charge on any atom is 0.225 e. The highest BCUT2D eigenvalue weighted by atomic mass is 16.5. The third-order valence-electron chi connectivity index (χ3n) is 3.91. The second kappa shape index (κ2) is 6.78. The van der Waals surface area contributed by atoms with Crippen LogP contribution >= 0.6 is 0 Å². The lowest BCUT2D eigenvalue weighted by molar-refractivity contribution is -0.133. The lowest BCUT2D eigenvalue weighted by atomic mass is 10.1. The topological polar surface area (TPSA) is 29.5 Å². The van der Waals surface area contributed by atoms with Crippen LogP contribution < -0.4 is 4.74 Å². The first kappa shape index (κ1) is 14.9. The van der Waals surface area contributed by atoms with Crippen LogP contribution in [0, 0.1) is 18.8 Å². The molecular formula is C17H25NO2. The third kappa shape index (κ3) is 3.99. The van der Waals surface area contributed by atoms with Crippen LogP contribution in [0.1, 0.15) is 32.3 Å². The number of rotatable bonds is 5. The van der Waals surface area contributed by atoms with E-state index < -0.39 is 0 Å². The van der Waals surface area contributed by atoms with E-state index in [0.29, 0.717) is 5.92 Å². The maximum absolute atomic E-state index is 11.9. The summed E-state index contributed by atoms with van der Waals surface area (Å²) in [5.41, 5.74) is 1.25. The number of ether oxygens (including phenoxy) is 1. The zero-order chi connectivity index (χ0) is 14.5. The fraction of sp³-hybridized carbons (Fsp3) is 0.588. The van der Waals surface area contributed by atoms with Crippen LogP contribution in [0.2, 0.25) is 0 Å². The zero-order valence-electron chi connectivity index (χ0n) is 12.8. The molecule has 110 valence electrons. The molecule has 3 heteroatoms. The Kier molecular flexibility index (Phi) is 5.05. The Bertz CT molecular complexity index is 439. The van der Waals surface area contributed by atoms with Crippen molar-refractivity contribution < 1.29 is 9.53 Å². The number of benzene rings is 1. The monoisotopic (exact) mass is 275 g/mol. The molecule has 1 saturated heterocycles. The minimum atomic E-state index is 0.109. The van der Waals surface area contributed by atoms with Gasteiger partial charge in [0.1, 0.15) is 5.75 Å². The first-order valence-corrected chi connectivity index (χ1v) is 7.54. The molecule has 1 aliphatic rings. The molecule has 3 nitrogen and oxygen atoms in total. The van der Waals surface area contributed by atoms with Gasteiger partial charge in [-0.25, -0.2) is 0 Å². The molecule has 1 aliphatic heterocycles. The van der Waals surface area contributed by atoms with Crippen LogP contribution in [0.25, 0.3) is 0 Å². The molecule has 20 heavy (non-hydrogen) atoms. The van der Waals surface area contributed by atoms with E-state index >= 15 is 0 Å². The van der Waals surface area contributed by atoms with Gasteiger partial charge in [-0.1, -0.05) is 31.5 Å². The molecule has 1 aromatic rings. The summed E-state index contributed by atoms with van der Waals surface area (Å²) in [6.07, 6.45) is 2.13. The van der Waals surface area contributed by atoms with Gasteiger partial charge in [0.15, 0.2) is 0 Å². The maximum atomic E-state index is 11.9. The van der Waals surface area contributed by atoms with Gasteiger partial charge in [0, 0.05) is 19.0 Å². The predicted octanol–water partition coefficient (Wildman–Crippen LogP) is 3.27. The zero-order valence-corrected chi connectivity index (χ0v) is 12.8. The molecule has 1 atom stereocenters. The first-order chi connectivity index (χ1) is 9.56. The summed E-state index contributed by atoms with van der Waals surface area (Å²) in [5.74, 6) is 1.91. The highest BCUT2D eigenvalue weighted by Crippen LogP contribution is 2.22. The van der Waals surface area contributed by atoms with Crippen molar-refractivity contribution in [2.24, 2.45) is 11.8 Å². The van der Waals surface area contributed by atoms with Crippen molar-refractivity contribution in [1.82, 2.24) is 4.90 Å². The van der Waals surface area contributed by atoms with Gasteiger partial charge in [0.05, 0.1) is 6.61 Å². The predicted molar refractivity (Wildman–Crippen MR) is 80.8 cm³/mol. The van der Waals surface area contributed by atoms with E-state index in [-0.39, 0.29) is 11.8 Å². The summed E-state index contributed by atoms with van der Waals surface area (Å²) in [4.78, 5) is 13.9. The highest BCUT2D eigenvalue weighted by molar-refractivity contribution is 5.78. The van der Waals surface area contributed by atoms with Crippen LogP contribution in [-0.4, -0.2) is 30.5 Å². The average Bonchev–Trinajstić information content (AvgIpc) is 2.89. The summed E-state index contributed by atoms with van der Waals surface area (Å²) in [5, 5.41) is 0. The molecule has 0 saturated carbocycles. The number of amides is 1. The van der Waals surface area contributed by atoms with E-state index in [9.17, 15) is 4.79 Å². The van der Waals surface area contributed by atoms with Crippen molar-refractivity contribution in [1.29, 1.82) is 0 Å². The molecule has 1 unspecified atom stereocenters. The Balaban J connectivity index is 1.71. The Morgan fingerprint density at radius 1 is 1.35 bits per heavy atom. The number of nitrogens with zero attached hydrogens (tertiary/aromatic N) is 1. The lowest BCUT2D eigenvalue weighted by Gasteiger charge is -2.18. The van der Waals surface area contributed by atoms with Crippen LogP contribution in [0.15, 0.2) is 24.3 Å². The van der Waals surface area contributed by atoms with Crippen molar-refractivity contribution in [2.45, 2.75) is 33.6 Å². The lowest BCUT2D eigenvalue weighted by Crippen LogP contribution is -2.32. The Morgan fingerprint density at radius 2 is 2.05 bits per heavy atom. The number of carbonyl (C=O) groups excluding carboxylic acids is 1. The van der Waals surface area contributed by atoms with Crippen LogP contribution in [0.5, 0.6) is 5.75 Å². The largest absolute Gasteiger partial charge is 0.494 e. The van der Waals surface area contributed by atoms with Gasteiger partial charge in [-0.15, -0.1) is 0 Å². The van der Waals surface area contributed by atoms with Crippen molar-refractivity contribution in [3.63, 3.8) is 0 Å². The van der Waals surface area contributed by atoms with Gasteiger partial charge in [-0.05, 0) is 37.8 Å². The number of carbonyl (C=O) groups is 1. The van der Waals surface area contributed by atoms with Gasteiger partial charge in [-0.2, -0.15) is 0 Å². The summed E-state index contributed by atoms with van der Waals surface area (Å²) < 4.78 is 5.76. The molecule has 1 heterocycles. The smallest absolute Gasteiger partial charge is 0.225 e. The average molecular weight is 275 g/mol. The Hall–Kier alpha value is -1.51. The molecule has 0 N–H and O–H groups in total. The van der Waals surface area contributed by atoms with Crippen LogP contribution in [-0.2, 0) is 4.79 Å². The number of hydrogen-bond donors (Lipinski definition) is 0. The summed E-state index contributed by atoms with van der Waals surface area (Å²) in [7, 11) is 0. The van der Waals surface area contributed by atoms with Crippen molar-refractivity contribution in [2.75, 3.05) is 19.7 Å². The molecule has 0 bridgehead atoms. The highest BCUT2D eigenvalue weighted by Gasteiger charge is 2.27. The van der Waals surface area contributed by atoms with E-state index in [4.69, 9.17) is 4.74 Å². The molecule has 0 aliphatic carbocycles. The number of hydrogen-bond acceptors (Lipinski definition) is 2. The summed E-state index contributed by atoms with van der Waals surface area (Å²) in [6.45, 7) is 8.55. The Labute approximate surface area is 121 Å². The molecule has 1 aromatic carbocycles. The molecule has 0 spiro atoms. The Morgan fingerprint density at radius 3 is 2.70 bits per heavy atom. The third-order valence-corrected chi connectivity index (χ3v) is 3.91. The second-order valence-electron chi connectivity index (χ2n) is 6.04. The van der Waals surface area contributed by atoms with Gasteiger partial charge in [0.25, 0.3) is 0 Å². The minimum Gasteiger partial charge on any atom is -0.494 e. The minimum absolute atomic E-state index is 0.109. The molecular weight excluding hydrogens is 250 g/mol. The van der Waals surface area contributed by atoms with Crippen molar-refractivity contribution >= 4 is 5.91 Å². The van der Waals surface area contributed by atoms with Gasteiger partial charge in [0.2, 0.25) is 5.91 Å². The van der Waals surface area contributed by atoms with Gasteiger partial charge in [-0.3, -0.25) is 4.79 Å². The van der Waals surface area contributed by atoms with E-state index in [0.717, 1.165) is 38.3 Å². The fourth-order valence-corrected chi connectivity index (χ4v) is 2.61. The molecule has 1 amide bonds. The van der Waals surface area contributed by atoms with Crippen molar-refractivity contribution in [3.8, 4) is 5.75 Å². The SMILES string of the molecule is Cc1ccc(OCCC2CCN(C(=O)C(C)C)C2)cc1. The fourth-order valence-electron chi connectivity index (χ4n) is 2.61. The molecule has 1 fully saturated rings. The first-order valence-electron chi connectivity index (χ1n) is 7.54. The van der Waals surface area contributed by atoms with Crippen LogP contribution in [0.4, 0.5) is 0 Å². The van der Waals surface area contributed by atoms with E-state index in [2.05, 4.69) is 19.1 Å². The molecule has 0 aromatic heterocycles. The van der Waals surface area contributed by atoms with E-state index in [1.807, 2.05) is 30.9 Å². The summed E-state index contributed by atoms with van der Waals surface area (Å²) >= 11 is 0. The number of aryl methyl sites for hydroxylation is 1. The van der Waals surface area contributed by atoms with E-state index in [1.165, 1.54) is 5.56 Å². The summed E-state index contributed by atoms with van der Waals surface area (Å²) in [6, 6.07) is 8.15. The quantitative estimate of drug-likeness (QED) is 0.825. The van der Waals surface area contributed by atoms with Crippen LogP contribution in [0.3, 0.4) is 0 Å². The number of likely N-dealkylation sites (tertiary alicyclic amines) is 1. The molecule has 2 rings (SSSR count).